The zero-order chi connectivity index (χ0) is 27.1. The number of anilines is 1. The molecule has 0 bridgehead atoms. The summed E-state index contributed by atoms with van der Waals surface area (Å²) in [4.78, 5) is 35.8. The fourth-order valence-electron chi connectivity index (χ4n) is 4.75. The molecule has 202 valence electrons. The SMILES string of the molecule is CCC[C@H](NC1CCc2cc(F)cc(F)c2C1)C(=O)Nc1cn(CC(=O)N(C)CCc2ccccn2)cn1. The number of imidazole rings is 1. The Morgan fingerprint density at radius 1 is 1.24 bits per heavy atom. The average Bonchev–Trinajstić information content (AvgIpc) is 3.34. The summed E-state index contributed by atoms with van der Waals surface area (Å²) < 4.78 is 29.5. The number of aryl methyl sites for hydroxylation is 1. The van der Waals surface area contributed by atoms with Gasteiger partial charge in [-0.15, -0.1) is 0 Å². The lowest BCUT2D eigenvalue weighted by molar-refractivity contribution is -0.130. The van der Waals surface area contributed by atoms with Crippen molar-refractivity contribution < 1.29 is 18.4 Å². The van der Waals surface area contributed by atoms with E-state index in [4.69, 9.17) is 0 Å². The van der Waals surface area contributed by atoms with E-state index in [-0.39, 0.29) is 24.4 Å². The van der Waals surface area contributed by atoms with Gasteiger partial charge in [0.1, 0.15) is 18.2 Å². The fraction of sp³-hybridized carbons (Fsp3) is 0.429. The summed E-state index contributed by atoms with van der Waals surface area (Å²) in [5, 5.41) is 6.20. The molecular formula is C28H34F2N6O2. The molecule has 1 aliphatic carbocycles. The van der Waals surface area contributed by atoms with Gasteiger partial charge in [0.15, 0.2) is 5.82 Å². The number of hydrogen-bond acceptors (Lipinski definition) is 5. The third kappa shape index (κ3) is 7.22. The predicted molar refractivity (Wildman–Crippen MR) is 140 cm³/mol. The molecule has 0 saturated carbocycles. The van der Waals surface area contributed by atoms with Crippen LogP contribution in [0.2, 0.25) is 0 Å². The minimum absolute atomic E-state index is 0.0774. The van der Waals surface area contributed by atoms with E-state index in [1.54, 1.807) is 28.9 Å². The molecule has 3 aromatic rings. The number of fused-ring (bicyclic) bond motifs is 1. The van der Waals surface area contributed by atoms with E-state index in [2.05, 4.69) is 20.6 Å². The lowest BCUT2D eigenvalue weighted by Gasteiger charge is -2.29. The molecule has 10 heteroatoms. The monoisotopic (exact) mass is 524 g/mol. The first-order valence-electron chi connectivity index (χ1n) is 13.0. The van der Waals surface area contributed by atoms with E-state index in [0.717, 1.165) is 18.2 Å². The van der Waals surface area contributed by atoms with Crippen molar-refractivity contribution in [2.24, 2.45) is 0 Å². The predicted octanol–water partition coefficient (Wildman–Crippen LogP) is 3.51. The highest BCUT2D eigenvalue weighted by molar-refractivity contribution is 5.94. The number of nitrogens with one attached hydrogen (secondary N) is 2. The summed E-state index contributed by atoms with van der Waals surface area (Å²) in [7, 11) is 1.75. The van der Waals surface area contributed by atoms with Gasteiger partial charge in [-0.3, -0.25) is 14.6 Å². The molecule has 0 fully saturated rings. The molecule has 2 heterocycles. The van der Waals surface area contributed by atoms with Gasteiger partial charge in [0.05, 0.1) is 12.4 Å². The van der Waals surface area contributed by atoms with Gasteiger partial charge < -0.3 is 20.1 Å². The smallest absolute Gasteiger partial charge is 0.242 e. The highest BCUT2D eigenvalue weighted by Gasteiger charge is 2.27. The highest BCUT2D eigenvalue weighted by atomic mass is 19.1. The van der Waals surface area contributed by atoms with E-state index in [0.29, 0.717) is 55.6 Å². The van der Waals surface area contributed by atoms with Crippen LogP contribution in [-0.2, 0) is 35.4 Å². The number of halogens is 2. The Hall–Kier alpha value is -3.66. The maximum absolute atomic E-state index is 14.3. The second-order valence-corrected chi connectivity index (χ2v) is 9.78. The van der Waals surface area contributed by atoms with Crippen molar-refractivity contribution in [3.8, 4) is 0 Å². The third-order valence-corrected chi connectivity index (χ3v) is 6.85. The summed E-state index contributed by atoms with van der Waals surface area (Å²) in [5.41, 5.74) is 2.13. The zero-order valence-corrected chi connectivity index (χ0v) is 21.8. The van der Waals surface area contributed by atoms with Crippen LogP contribution in [0.5, 0.6) is 0 Å². The van der Waals surface area contributed by atoms with Crippen LogP contribution in [0.15, 0.2) is 49.1 Å². The Kier molecular flexibility index (Phi) is 9.17. The first-order chi connectivity index (χ1) is 18.3. The number of aromatic nitrogens is 3. The molecular weight excluding hydrogens is 490 g/mol. The number of amides is 2. The van der Waals surface area contributed by atoms with Crippen LogP contribution in [0.25, 0.3) is 0 Å². The first kappa shape index (κ1) is 27.4. The van der Waals surface area contributed by atoms with Crippen LogP contribution in [0.3, 0.4) is 0 Å². The second kappa shape index (κ2) is 12.7. The summed E-state index contributed by atoms with van der Waals surface area (Å²) >= 11 is 0. The standard InChI is InChI=1S/C28H34F2N6O2/c1-3-6-25(33-22-9-8-19-13-20(29)14-24(30)23(19)15-22)28(38)34-26-16-36(18-32-26)17-27(37)35(2)12-10-21-7-4-5-11-31-21/h4-5,7,11,13-14,16,18,22,25,33H,3,6,8-10,12,15,17H2,1-2H3,(H,34,38)/t22?,25-/m0/s1. The summed E-state index contributed by atoms with van der Waals surface area (Å²) in [6, 6.07) is 7.43. The number of likely N-dealkylation sites (N-methyl/N-ethyl adjacent to an activating group) is 1. The number of hydrogen-bond donors (Lipinski definition) is 2. The second-order valence-electron chi connectivity index (χ2n) is 9.78. The van der Waals surface area contributed by atoms with Gasteiger partial charge in [0, 0.05) is 50.2 Å². The maximum atomic E-state index is 14.3. The van der Waals surface area contributed by atoms with E-state index in [9.17, 15) is 18.4 Å². The quantitative estimate of drug-likeness (QED) is 0.401. The lowest BCUT2D eigenvalue weighted by Crippen LogP contribution is -2.48. The summed E-state index contributed by atoms with van der Waals surface area (Å²) in [5.74, 6) is -1.05. The van der Waals surface area contributed by atoms with E-state index < -0.39 is 17.7 Å². The first-order valence-corrected chi connectivity index (χ1v) is 13.0. The lowest BCUT2D eigenvalue weighted by atomic mass is 9.87. The van der Waals surface area contributed by atoms with Crippen molar-refractivity contribution in [3.05, 3.63) is 77.5 Å². The van der Waals surface area contributed by atoms with Crippen LogP contribution in [0.1, 0.15) is 43.0 Å². The number of nitrogens with zero attached hydrogens (tertiary/aromatic N) is 4. The molecule has 2 amide bonds. The van der Waals surface area contributed by atoms with Gasteiger partial charge in [-0.25, -0.2) is 13.8 Å². The third-order valence-electron chi connectivity index (χ3n) is 6.85. The fourth-order valence-corrected chi connectivity index (χ4v) is 4.75. The molecule has 8 nitrogen and oxygen atoms in total. The molecule has 4 rings (SSSR count). The minimum Gasteiger partial charge on any atom is -0.344 e. The van der Waals surface area contributed by atoms with E-state index in [1.165, 1.54) is 12.4 Å². The Bertz CT molecular complexity index is 1250. The van der Waals surface area contributed by atoms with Crippen LogP contribution in [0, 0.1) is 11.6 Å². The Morgan fingerprint density at radius 2 is 2.08 bits per heavy atom. The van der Waals surface area contributed by atoms with Gasteiger partial charge in [0.25, 0.3) is 0 Å². The van der Waals surface area contributed by atoms with E-state index >= 15 is 0 Å². The van der Waals surface area contributed by atoms with Gasteiger partial charge in [-0.05, 0) is 55.0 Å². The number of carbonyl (C=O) groups excluding carboxylic acids is 2. The van der Waals surface area contributed by atoms with Gasteiger partial charge in [0.2, 0.25) is 11.8 Å². The molecule has 1 aromatic carbocycles. The molecule has 1 unspecified atom stereocenters. The van der Waals surface area contributed by atoms with Crippen molar-refractivity contribution in [2.75, 3.05) is 18.9 Å². The number of pyridine rings is 1. The molecule has 1 aliphatic rings. The van der Waals surface area contributed by atoms with Gasteiger partial charge in [-0.1, -0.05) is 19.4 Å². The van der Waals surface area contributed by atoms with Crippen molar-refractivity contribution >= 4 is 17.6 Å². The minimum atomic E-state index is -0.562. The average molecular weight is 525 g/mol. The van der Waals surface area contributed by atoms with Gasteiger partial charge >= 0.3 is 0 Å². The molecule has 2 atom stereocenters. The molecule has 0 radical (unpaired) electrons. The summed E-state index contributed by atoms with van der Waals surface area (Å²) in [6.45, 7) is 2.64. The Morgan fingerprint density at radius 3 is 2.84 bits per heavy atom. The molecule has 38 heavy (non-hydrogen) atoms. The number of benzene rings is 1. The normalized spacial score (nSPS) is 15.5. The van der Waals surface area contributed by atoms with Gasteiger partial charge in [-0.2, -0.15) is 0 Å². The topological polar surface area (TPSA) is 92.2 Å². The number of carbonyl (C=O) groups is 2. The van der Waals surface area contributed by atoms with Crippen molar-refractivity contribution in [1.29, 1.82) is 0 Å². The largest absolute Gasteiger partial charge is 0.344 e. The molecule has 0 aliphatic heterocycles. The maximum Gasteiger partial charge on any atom is 0.242 e. The van der Waals surface area contributed by atoms with Crippen LogP contribution in [-0.4, -0.2) is 56.9 Å². The van der Waals surface area contributed by atoms with Crippen LogP contribution >= 0.6 is 0 Å². The number of rotatable bonds is 11. The van der Waals surface area contributed by atoms with E-state index in [1.807, 2.05) is 25.1 Å². The zero-order valence-electron chi connectivity index (χ0n) is 21.8. The Labute approximate surface area is 221 Å². The van der Waals surface area contributed by atoms with Crippen LogP contribution < -0.4 is 10.6 Å². The Balaban J connectivity index is 1.29. The molecule has 0 spiro atoms. The molecule has 0 saturated heterocycles. The van der Waals surface area contributed by atoms with Crippen molar-refractivity contribution in [2.45, 2.75) is 64.1 Å². The van der Waals surface area contributed by atoms with Crippen molar-refractivity contribution in [3.63, 3.8) is 0 Å². The van der Waals surface area contributed by atoms with Crippen LogP contribution in [0.4, 0.5) is 14.6 Å². The molecule has 2 aromatic heterocycles. The van der Waals surface area contributed by atoms with Crippen molar-refractivity contribution in [1.82, 2.24) is 24.8 Å². The highest BCUT2D eigenvalue weighted by Crippen LogP contribution is 2.26. The summed E-state index contributed by atoms with van der Waals surface area (Å²) in [6.07, 6.45) is 8.56. The molecule has 2 N–H and O–H groups in total.